The Labute approximate surface area is 251 Å². The number of nitrogens with zero attached hydrogens (tertiary/aromatic N) is 5. The van der Waals surface area contributed by atoms with Crippen molar-refractivity contribution in [2.24, 2.45) is 0 Å². The van der Waals surface area contributed by atoms with Gasteiger partial charge in [0.1, 0.15) is 11.5 Å². The van der Waals surface area contributed by atoms with E-state index in [1.807, 2.05) is 60.8 Å². The molecule has 0 amide bonds. The van der Waals surface area contributed by atoms with Crippen LogP contribution in [0.4, 0.5) is 4.39 Å². The number of halogens is 1. The van der Waals surface area contributed by atoms with Gasteiger partial charge in [0.05, 0.1) is 23.9 Å². The predicted molar refractivity (Wildman–Crippen MR) is 167 cm³/mol. The molecule has 3 aromatic heterocycles. The number of ether oxygens (including phenoxy) is 2. The second-order valence-electron chi connectivity index (χ2n) is 9.75. The van der Waals surface area contributed by atoms with Crippen molar-refractivity contribution in [2.75, 3.05) is 13.7 Å². The highest BCUT2D eigenvalue weighted by atomic mass is 32.1. The summed E-state index contributed by atoms with van der Waals surface area (Å²) in [5, 5.41) is 9.17. The molecule has 43 heavy (non-hydrogen) atoms. The van der Waals surface area contributed by atoms with Gasteiger partial charge in [-0.3, -0.25) is 4.79 Å². The Morgan fingerprint density at radius 3 is 2.53 bits per heavy atom. The molecule has 0 aliphatic rings. The fourth-order valence-electron chi connectivity index (χ4n) is 4.50. The van der Waals surface area contributed by atoms with E-state index >= 15 is 0 Å². The smallest absolute Gasteiger partial charge is 0.291 e. The Morgan fingerprint density at radius 2 is 1.79 bits per heavy atom. The molecule has 0 atom stereocenters. The molecule has 0 bridgehead atoms. The van der Waals surface area contributed by atoms with Gasteiger partial charge in [-0.25, -0.2) is 9.07 Å². The Hall–Kier alpha value is -5.09. The van der Waals surface area contributed by atoms with Crippen LogP contribution in [0.1, 0.15) is 36.7 Å². The van der Waals surface area contributed by atoms with Crippen LogP contribution in [0.15, 0.2) is 83.8 Å². The highest BCUT2D eigenvalue weighted by Crippen LogP contribution is 2.29. The molecule has 3 heterocycles. The molecule has 0 saturated carbocycles. The maximum atomic E-state index is 13.6. The number of hydrogen-bond donors (Lipinski definition) is 0. The fourth-order valence-corrected chi connectivity index (χ4v) is 5.41. The summed E-state index contributed by atoms with van der Waals surface area (Å²) in [6, 6.07) is 21.5. The Bertz CT molecular complexity index is 2010. The van der Waals surface area contributed by atoms with Crippen LogP contribution in [0.25, 0.3) is 40.1 Å². The molecular formula is C33H28FN5O3S. The maximum absolute atomic E-state index is 13.6. The van der Waals surface area contributed by atoms with E-state index in [4.69, 9.17) is 14.6 Å². The van der Waals surface area contributed by atoms with E-state index in [2.05, 4.69) is 17.0 Å². The van der Waals surface area contributed by atoms with Gasteiger partial charge in [0.15, 0.2) is 17.3 Å². The quantitative estimate of drug-likeness (QED) is 0.180. The van der Waals surface area contributed by atoms with E-state index < -0.39 is 0 Å². The molecule has 0 radical (unpaired) electrons. The van der Waals surface area contributed by atoms with E-state index in [-0.39, 0.29) is 11.4 Å². The van der Waals surface area contributed by atoms with Gasteiger partial charge >= 0.3 is 0 Å². The van der Waals surface area contributed by atoms with Gasteiger partial charge in [0.2, 0.25) is 4.96 Å². The number of methoxy groups -OCH3 is 1. The van der Waals surface area contributed by atoms with E-state index in [0.717, 1.165) is 29.7 Å². The maximum Gasteiger partial charge on any atom is 0.291 e. The van der Waals surface area contributed by atoms with Crippen LogP contribution in [0, 0.1) is 5.82 Å². The summed E-state index contributed by atoms with van der Waals surface area (Å²) >= 11 is 1.24. The molecule has 0 unspecified atom stereocenters. The summed E-state index contributed by atoms with van der Waals surface area (Å²) in [6.07, 6.45) is 9.28. The molecule has 3 aromatic carbocycles. The molecule has 0 aliphatic heterocycles. The lowest BCUT2D eigenvalue weighted by Gasteiger charge is -2.10. The average molecular weight is 594 g/mol. The normalized spacial score (nSPS) is 12.0. The SMILES string of the molecule is CCCCOc1ccc(/C=C/c2nc3s/c(=C\c4cn(-c5ccccc5)nc4-c4ccc(F)cc4)c(=O)n3n2)cc1OC. The van der Waals surface area contributed by atoms with Crippen molar-refractivity contribution in [1.82, 2.24) is 24.4 Å². The zero-order valence-corrected chi connectivity index (χ0v) is 24.4. The first-order valence-corrected chi connectivity index (χ1v) is 14.7. The number of aromatic nitrogens is 5. The van der Waals surface area contributed by atoms with Gasteiger partial charge in [-0.2, -0.15) is 14.6 Å². The Balaban J connectivity index is 1.31. The first-order chi connectivity index (χ1) is 21.0. The van der Waals surface area contributed by atoms with E-state index in [1.165, 1.54) is 28.0 Å². The molecule has 6 rings (SSSR count). The lowest BCUT2D eigenvalue weighted by molar-refractivity contribution is 0.288. The summed E-state index contributed by atoms with van der Waals surface area (Å²) in [5.74, 6) is 1.43. The van der Waals surface area contributed by atoms with Crippen LogP contribution in [0.5, 0.6) is 11.5 Å². The Morgan fingerprint density at radius 1 is 0.977 bits per heavy atom. The van der Waals surface area contributed by atoms with Crippen molar-refractivity contribution >= 4 is 34.5 Å². The minimum Gasteiger partial charge on any atom is -0.493 e. The fraction of sp³-hybridized carbons (Fsp3) is 0.152. The first-order valence-electron chi connectivity index (χ1n) is 13.8. The van der Waals surface area contributed by atoms with Crippen molar-refractivity contribution in [3.05, 3.63) is 117 Å². The van der Waals surface area contributed by atoms with E-state index in [1.54, 1.807) is 36.1 Å². The van der Waals surface area contributed by atoms with E-state index in [0.29, 0.717) is 44.7 Å². The average Bonchev–Trinajstić information content (AvgIpc) is 3.72. The number of unbranched alkanes of at least 4 members (excludes halogenated alkanes) is 1. The van der Waals surface area contributed by atoms with Crippen molar-refractivity contribution in [3.63, 3.8) is 0 Å². The third-order valence-electron chi connectivity index (χ3n) is 6.73. The van der Waals surface area contributed by atoms with Crippen molar-refractivity contribution in [2.45, 2.75) is 19.8 Å². The number of fused-ring (bicyclic) bond motifs is 1. The van der Waals surface area contributed by atoms with Gasteiger partial charge in [0.25, 0.3) is 5.56 Å². The van der Waals surface area contributed by atoms with Gasteiger partial charge in [-0.15, -0.1) is 5.10 Å². The number of rotatable bonds is 10. The second kappa shape index (κ2) is 12.4. The number of benzene rings is 3. The zero-order valence-electron chi connectivity index (χ0n) is 23.6. The summed E-state index contributed by atoms with van der Waals surface area (Å²) in [6.45, 7) is 2.75. The summed E-state index contributed by atoms with van der Waals surface area (Å²) in [7, 11) is 1.61. The molecule has 216 valence electrons. The third kappa shape index (κ3) is 6.09. The number of para-hydroxylation sites is 1. The topological polar surface area (TPSA) is 83.5 Å². The van der Waals surface area contributed by atoms with E-state index in [9.17, 15) is 9.18 Å². The highest BCUT2D eigenvalue weighted by molar-refractivity contribution is 7.15. The predicted octanol–water partition coefficient (Wildman–Crippen LogP) is 6.05. The van der Waals surface area contributed by atoms with Crippen molar-refractivity contribution in [3.8, 4) is 28.4 Å². The standard InChI is InChI=1S/C33H28FN5O3S/c1-3-4-18-42-27-16-10-22(19-28(27)41-2)11-17-30-35-33-39(36-30)32(40)29(43-33)20-24-21-38(26-8-6-5-7-9-26)37-31(24)23-12-14-25(34)15-13-23/h5-17,19-21H,3-4,18H2,1-2H3/b17-11+,29-20-. The monoisotopic (exact) mass is 593 g/mol. The van der Waals surface area contributed by atoms with Crippen molar-refractivity contribution < 1.29 is 13.9 Å². The van der Waals surface area contributed by atoms with Crippen LogP contribution in [-0.2, 0) is 0 Å². The molecular weight excluding hydrogens is 565 g/mol. The highest BCUT2D eigenvalue weighted by Gasteiger charge is 2.14. The van der Waals surface area contributed by atoms with Crippen LogP contribution < -0.4 is 19.6 Å². The minimum atomic E-state index is -0.332. The van der Waals surface area contributed by atoms with Gasteiger partial charge < -0.3 is 9.47 Å². The number of hydrogen-bond acceptors (Lipinski definition) is 7. The summed E-state index contributed by atoms with van der Waals surface area (Å²) in [5.41, 5.74) is 3.55. The molecule has 0 fully saturated rings. The number of thiazole rings is 1. The van der Waals surface area contributed by atoms with Crippen molar-refractivity contribution in [1.29, 1.82) is 0 Å². The Kier molecular flexibility index (Phi) is 8.10. The minimum absolute atomic E-state index is 0.278. The lowest BCUT2D eigenvalue weighted by atomic mass is 10.1. The summed E-state index contributed by atoms with van der Waals surface area (Å²) in [4.78, 5) is 18.4. The molecule has 0 saturated heterocycles. The lowest BCUT2D eigenvalue weighted by Crippen LogP contribution is -2.23. The molecule has 0 N–H and O–H groups in total. The van der Waals surface area contributed by atoms with Gasteiger partial charge in [-0.1, -0.05) is 55.0 Å². The van der Waals surface area contributed by atoms with Crippen LogP contribution in [0.2, 0.25) is 0 Å². The third-order valence-corrected chi connectivity index (χ3v) is 7.69. The molecule has 0 spiro atoms. The van der Waals surface area contributed by atoms with Gasteiger partial charge in [0, 0.05) is 17.3 Å². The molecule has 6 aromatic rings. The first kappa shape index (κ1) is 28.0. The van der Waals surface area contributed by atoms with Crippen LogP contribution in [0.3, 0.4) is 0 Å². The summed E-state index contributed by atoms with van der Waals surface area (Å²) < 4.78 is 28.4. The second-order valence-corrected chi connectivity index (χ2v) is 10.8. The molecule has 0 aliphatic carbocycles. The largest absolute Gasteiger partial charge is 0.493 e. The van der Waals surface area contributed by atoms with Crippen LogP contribution in [-0.4, -0.2) is 38.1 Å². The van der Waals surface area contributed by atoms with Crippen LogP contribution >= 0.6 is 11.3 Å². The molecule has 8 nitrogen and oxygen atoms in total. The molecule has 10 heteroatoms. The zero-order chi connectivity index (χ0) is 29.8. The van der Waals surface area contributed by atoms with Gasteiger partial charge in [-0.05, 0) is 72.7 Å².